The fourth-order valence-electron chi connectivity index (χ4n) is 1.000. The van der Waals surface area contributed by atoms with E-state index in [4.69, 9.17) is 4.74 Å². The number of hydrogen-bond donors (Lipinski definition) is 0. The summed E-state index contributed by atoms with van der Waals surface area (Å²) in [6.07, 6.45) is 0.0189. The van der Waals surface area contributed by atoms with Gasteiger partial charge in [0, 0.05) is 5.56 Å². The van der Waals surface area contributed by atoms with Crippen LogP contribution in [-0.4, -0.2) is 17.6 Å². The van der Waals surface area contributed by atoms with E-state index in [1.54, 1.807) is 26.0 Å². The van der Waals surface area contributed by atoms with Crippen molar-refractivity contribution < 1.29 is 13.9 Å². The smallest absolute Gasteiger partial charge is 0.311 e. The molecular formula is C10H12FNO2. The first-order valence-corrected chi connectivity index (χ1v) is 4.41. The van der Waals surface area contributed by atoms with Crippen molar-refractivity contribution in [2.24, 2.45) is 0 Å². The Hall–Kier alpha value is -1.45. The first kappa shape index (κ1) is 10.6. The van der Waals surface area contributed by atoms with Crippen molar-refractivity contribution in [2.45, 2.75) is 20.3 Å². The van der Waals surface area contributed by atoms with Gasteiger partial charge in [0.05, 0.1) is 18.7 Å². The lowest BCUT2D eigenvalue weighted by molar-refractivity contribution is -0.142. The Morgan fingerprint density at radius 1 is 1.57 bits per heavy atom. The van der Waals surface area contributed by atoms with Crippen molar-refractivity contribution in [1.29, 1.82) is 0 Å². The summed E-state index contributed by atoms with van der Waals surface area (Å²) in [6, 6.07) is 3.21. The summed E-state index contributed by atoms with van der Waals surface area (Å²) in [4.78, 5) is 14.7. The molecule has 0 radical (unpaired) electrons. The summed E-state index contributed by atoms with van der Waals surface area (Å²) >= 11 is 0. The lowest BCUT2D eigenvalue weighted by atomic mass is 10.2. The lowest BCUT2D eigenvalue weighted by Gasteiger charge is -2.02. The molecule has 4 heteroatoms. The Bertz CT molecular complexity index is 339. The molecule has 0 aliphatic rings. The van der Waals surface area contributed by atoms with Crippen LogP contribution in [-0.2, 0) is 16.0 Å². The summed E-state index contributed by atoms with van der Waals surface area (Å²) in [5.41, 5.74) is 0.865. The Kier molecular flexibility index (Phi) is 3.56. The van der Waals surface area contributed by atoms with E-state index >= 15 is 0 Å². The molecule has 0 atom stereocenters. The van der Waals surface area contributed by atoms with Crippen LogP contribution in [0.5, 0.6) is 0 Å². The molecule has 0 N–H and O–H groups in total. The molecule has 1 rings (SSSR count). The molecule has 1 aromatic heterocycles. The molecule has 1 heterocycles. The molecular weight excluding hydrogens is 185 g/mol. The van der Waals surface area contributed by atoms with Crippen LogP contribution in [0, 0.1) is 12.9 Å². The first-order valence-electron chi connectivity index (χ1n) is 4.41. The summed E-state index contributed by atoms with van der Waals surface area (Å²) in [5.74, 6) is -0.921. The van der Waals surface area contributed by atoms with E-state index in [9.17, 15) is 9.18 Å². The Balaban J connectivity index is 2.68. The van der Waals surface area contributed by atoms with Crippen molar-refractivity contribution in [3.63, 3.8) is 0 Å². The first-order chi connectivity index (χ1) is 6.63. The molecule has 1 aromatic rings. The zero-order valence-corrected chi connectivity index (χ0v) is 8.21. The molecule has 0 aromatic carbocycles. The fourth-order valence-corrected chi connectivity index (χ4v) is 1.000. The Morgan fingerprint density at radius 2 is 2.29 bits per heavy atom. The van der Waals surface area contributed by atoms with Crippen LogP contribution in [0.25, 0.3) is 0 Å². The number of aryl methyl sites for hydroxylation is 1. The summed E-state index contributed by atoms with van der Waals surface area (Å²) in [6.45, 7) is 3.67. The maximum atomic E-state index is 13.0. The molecule has 76 valence electrons. The number of esters is 1. The zero-order valence-electron chi connectivity index (χ0n) is 8.21. The summed E-state index contributed by atoms with van der Waals surface area (Å²) in [7, 11) is 0. The number of carbonyl (C=O) groups excluding carboxylic acids is 1. The van der Waals surface area contributed by atoms with E-state index in [1.807, 2.05) is 0 Å². The second-order valence-corrected chi connectivity index (χ2v) is 2.89. The maximum Gasteiger partial charge on any atom is 0.311 e. The van der Waals surface area contributed by atoms with E-state index in [2.05, 4.69) is 4.98 Å². The zero-order chi connectivity index (χ0) is 10.6. The minimum Gasteiger partial charge on any atom is -0.466 e. The molecule has 3 nitrogen and oxygen atoms in total. The summed E-state index contributed by atoms with van der Waals surface area (Å²) < 4.78 is 17.7. The van der Waals surface area contributed by atoms with E-state index in [0.29, 0.717) is 17.9 Å². The highest BCUT2D eigenvalue weighted by atomic mass is 19.1. The topological polar surface area (TPSA) is 39.2 Å². The highest BCUT2D eigenvalue weighted by Crippen LogP contribution is 2.05. The molecule has 0 saturated heterocycles. The van der Waals surface area contributed by atoms with E-state index < -0.39 is 5.95 Å². The summed E-state index contributed by atoms with van der Waals surface area (Å²) in [5, 5.41) is 0. The number of pyridine rings is 1. The maximum absolute atomic E-state index is 13.0. The van der Waals surface area contributed by atoms with E-state index in [-0.39, 0.29) is 12.4 Å². The average Bonchev–Trinajstić information content (AvgIpc) is 2.12. The molecule has 0 bridgehead atoms. The molecule has 0 saturated carbocycles. The van der Waals surface area contributed by atoms with Crippen molar-refractivity contribution in [3.05, 3.63) is 29.3 Å². The molecule has 0 amide bonds. The number of halogens is 1. The van der Waals surface area contributed by atoms with Crippen molar-refractivity contribution in [2.75, 3.05) is 6.61 Å². The number of carbonyl (C=O) groups is 1. The normalized spacial score (nSPS) is 9.93. The molecule has 0 aliphatic carbocycles. The molecule has 0 fully saturated rings. The van der Waals surface area contributed by atoms with E-state index in [0.717, 1.165) is 0 Å². The van der Waals surface area contributed by atoms with Gasteiger partial charge in [-0.05, 0) is 19.9 Å². The van der Waals surface area contributed by atoms with E-state index in [1.165, 1.54) is 0 Å². The van der Waals surface area contributed by atoms with Crippen LogP contribution in [0.1, 0.15) is 18.2 Å². The number of rotatable bonds is 3. The Labute approximate surface area is 81.9 Å². The number of aromatic nitrogens is 1. The quantitative estimate of drug-likeness (QED) is 0.546. The molecule has 0 unspecified atom stereocenters. The monoisotopic (exact) mass is 197 g/mol. The van der Waals surface area contributed by atoms with Gasteiger partial charge in [0.1, 0.15) is 0 Å². The predicted molar refractivity (Wildman–Crippen MR) is 49.3 cm³/mol. The molecule has 0 aliphatic heterocycles. The van der Waals surface area contributed by atoms with Gasteiger partial charge in [0.25, 0.3) is 0 Å². The van der Waals surface area contributed by atoms with Crippen LogP contribution in [0.2, 0.25) is 0 Å². The van der Waals surface area contributed by atoms with Crippen LogP contribution in [0.3, 0.4) is 0 Å². The van der Waals surface area contributed by atoms with Crippen LogP contribution in [0.15, 0.2) is 12.1 Å². The van der Waals surface area contributed by atoms with Gasteiger partial charge in [-0.25, -0.2) is 4.98 Å². The Morgan fingerprint density at radius 3 is 2.86 bits per heavy atom. The standard InChI is InChI=1S/C10H12FNO2/c1-3-14-9(13)6-8-5-4-7(2)10(11)12-8/h4-5H,3,6H2,1-2H3. The minimum absolute atomic E-state index is 0.0189. The third-order valence-electron chi connectivity index (χ3n) is 1.72. The highest BCUT2D eigenvalue weighted by Gasteiger charge is 2.07. The number of nitrogens with zero attached hydrogens (tertiary/aromatic N) is 1. The second kappa shape index (κ2) is 4.69. The van der Waals surface area contributed by atoms with Gasteiger partial charge in [-0.2, -0.15) is 4.39 Å². The van der Waals surface area contributed by atoms with Gasteiger partial charge in [0.15, 0.2) is 0 Å². The third-order valence-corrected chi connectivity index (χ3v) is 1.72. The van der Waals surface area contributed by atoms with Crippen molar-refractivity contribution in [1.82, 2.24) is 4.98 Å². The van der Waals surface area contributed by atoms with Crippen LogP contribution in [0.4, 0.5) is 4.39 Å². The number of hydrogen-bond acceptors (Lipinski definition) is 3. The SMILES string of the molecule is CCOC(=O)Cc1ccc(C)c(F)n1. The van der Waals surface area contributed by atoms with Gasteiger partial charge in [-0.3, -0.25) is 4.79 Å². The average molecular weight is 197 g/mol. The second-order valence-electron chi connectivity index (χ2n) is 2.89. The highest BCUT2D eigenvalue weighted by molar-refractivity contribution is 5.71. The fraction of sp³-hybridized carbons (Fsp3) is 0.400. The molecule has 0 spiro atoms. The predicted octanol–water partition coefficient (Wildman–Crippen LogP) is 1.63. The lowest BCUT2D eigenvalue weighted by Crippen LogP contribution is -2.09. The van der Waals surface area contributed by atoms with Gasteiger partial charge in [0.2, 0.25) is 5.95 Å². The molecule has 14 heavy (non-hydrogen) atoms. The van der Waals surface area contributed by atoms with Crippen molar-refractivity contribution >= 4 is 5.97 Å². The van der Waals surface area contributed by atoms with Gasteiger partial charge < -0.3 is 4.74 Å². The van der Waals surface area contributed by atoms with Gasteiger partial charge in [-0.1, -0.05) is 6.07 Å². The minimum atomic E-state index is -0.535. The van der Waals surface area contributed by atoms with Gasteiger partial charge >= 0.3 is 5.97 Å². The third kappa shape index (κ3) is 2.80. The largest absolute Gasteiger partial charge is 0.466 e. The van der Waals surface area contributed by atoms with Crippen molar-refractivity contribution in [3.8, 4) is 0 Å². The van der Waals surface area contributed by atoms with Crippen LogP contribution >= 0.6 is 0 Å². The number of ether oxygens (including phenoxy) is 1. The van der Waals surface area contributed by atoms with Crippen LogP contribution < -0.4 is 0 Å². The van der Waals surface area contributed by atoms with Gasteiger partial charge in [-0.15, -0.1) is 0 Å².